The minimum absolute atomic E-state index is 0. The molecule has 2 unspecified atom stereocenters. The van der Waals surface area contributed by atoms with Gasteiger partial charge in [0.15, 0.2) is 0 Å². The van der Waals surface area contributed by atoms with Gasteiger partial charge in [-0.15, -0.1) is 12.4 Å². The van der Waals surface area contributed by atoms with Gasteiger partial charge in [-0.25, -0.2) is 13.1 Å². The van der Waals surface area contributed by atoms with E-state index in [-0.39, 0.29) is 18.4 Å². The normalized spacial score (nSPS) is 28.1. The molecule has 0 amide bonds. The van der Waals surface area contributed by atoms with E-state index in [4.69, 9.17) is 0 Å². The number of benzene rings is 1. The predicted octanol–water partition coefficient (Wildman–Crippen LogP) is 2.23. The van der Waals surface area contributed by atoms with Gasteiger partial charge in [0.2, 0.25) is 10.0 Å². The second kappa shape index (κ2) is 6.65. The van der Waals surface area contributed by atoms with Crippen LogP contribution >= 0.6 is 12.4 Å². The fourth-order valence-corrected chi connectivity index (χ4v) is 4.71. The summed E-state index contributed by atoms with van der Waals surface area (Å²) in [5.41, 5.74) is 1.05. The fourth-order valence-electron chi connectivity index (χ4n) is 3.37. The molecule has 0 aliphatic carbocycles. The summed E-state index contributed by atoms with van der Waals surface area (Å²) in [6.07, 6.45) is 5.01. The quantitative estimate of drug-likeness (QED) is 0.890. The number of nitrogens with one attached hydrogen (secondary N) is 2. The molecule has 2 N–H and O–H groups in total. The summed E-state index contributed by atoms with van der Waals surface area (Å²) < 4.78 is 27.8. The zero-order valence-corrected chi connectivity index (χ0v) is 13.8. The van der Waals surface area contributed by atoms with Crippen molar-refractivity contribution in [1.29, 1.82) is 0 Å². The lowest BCUT2D eigenvalue weighted by Gasteiger charge is -2.29. The van der Waals surface area contributed by atoms with E-state index in [0.29, 0.717) is 17.0 Å². The first-order chi connectivity index (χ1) is 9.56. The Balaban J connectivity index is 0.00000161. The van der Waals surface area contributed by atoms with Gasteiger partial charge in [-0.3, -0.25) is 0 Å². The van der Waals surface area contributed by atoms with Crippen LogP contribution in [0.1, 0.15) is 38.2 Å². The van der Waals surface area contributed by atoms with Crippen molar-refractivity contribution in [3.63, 3.8) is 0 Å². The van der Waals surface area contributed by atoms with Gasteiger partial charge < -0.3 is 5.32 Å². The maximum atomic E-state index is 12.5. The number of piperidine rings is 1. The van der Waals surface area contributed by atoms with Crippen LogP contribution in [-0.2, 0) is 16.4 Å². The molecule has 3 rings (SSSR count). The molecular weight excluding hydrogens is 308 g/mol. The van der Waals surface area contributed by atoms with Gasteiger partial charge in [0, 0.05) is 18.1 Å². The highest BCUT2D eigenvalue weighted by Crippen LogP contribution is 2.27. The molecule has 1 aromatic carbocycles. The van der Waals surface area contributed by atoms with Crippen LogP contribution in [0, 0.1) is 0 Å². The molecule has 1 aromatic rings. The van der Waals surface area contributed by atoms with E-state index < -0.39 is 10.0 Å². The Bertz CT molecular complexity index is 579. The van der Waals surface area contributed by atoms with Crippen molar-refractivity contribution >= 4 is 22.4 Å². The number of hydrogen-bond donors (Lipinski definition) is 2. The van der Waals surface area contributed by atoms with E-state index in [0.717, 1.165) is 24.8 Å². The third-order valence-electron chi connectivity index (χ3n) is 4.41. The summed E-state index contributed by atoms with van der Waals surface area (Å²) in [7, 11) is -3.39. The number of halogens is 1. The Morgan fingerprint density at radius 1 is 1.24 bits per heavy atom. The maximum Gasteiger partial charge on any atom is 0.240 e. The number of fused-ring (bicyclic) bond motifs is 2. The van der Waals surface area contributed by atoms with Gasteiger partial charge in [0.1, 0.15) is 0 Å². The van der Waals surface area contributed by atoms with Gasteiger partial charge in [-0.2, -0.15) is 0 Å². The van der Waals surface area contributed by atoms with Crippen molar-refractivity contribution in [3.8, 4) is 0 Å². The zero-order valence-electron chi connectivity index (χ0n) is 12.2. The molecule has 2 atom stereocenters. The molecule has 6 heteroatoms. The SMILES string of the molecule is CCc1cccc(S(=O)(=O)NC2CC3CCC(C2)N3)c1.Cl. The van der Waals surface area contributed by atoms with E-state index in [1.54, 1.807) is 12.1 Å². The first-order valence-corrected chi connectivity index (χ1v) is 8.92. The Kier molecular flexibility index (Phi) is 5.30. The maximum absolute atomic E-state index is 12.5. The summed E-state index contributed by atoms with van der Waals surface area (Å²) in [5, 5.41) is 3.53. The molecule has 2 heterocycles. The minimum Gasteiger partial charge on any atom is -0.311 e. The van der Waals surface area contributed by atoms with Crippen molar-refractivity contribution in [1.82, 2.24) is 10.0 Å². The first kappa shape index (κ1) is 16.7. The van der Waals surface area contributed by atoms with Gasteiger partial charge in [-0.05, 0) is 49.8 Å². The molecular formula is C15H23ClN2O2S. The molecule has 4 nitrogen and oxygen atoms in total. The van der Waals surface area contributed by atoms with Gasteiger partial charge >= 0.3 is 0 Å². The van der Waals surface area contributed by atoms with Crippen LogP contribution in [0.4, 0.5) is 0 Å². The minimum atomic E-state index is -3.39. The van der Waals surface area contributed by atoms with Crippen LogP contribution in [-0.4, -0.2) is 26.5 Å². The van der Waals surface area contributed by atoms with Crippen molar-refractivity contribution < 1.29 is 8.42 Å². The van der Waals surface area contributed by atoms with Gasteiger partial charge in [-0.1, -0.05) is 19.1 Å². The van der Waals surface area contributed by atoms with Crippen LogP contribution < -0.4 is 10.0 Å². The molecule has 2 saturated heterocycles. The van der Waals surface area contributed by atoms with Crippen molar-refractivity contribution in [2.45, 2.75) is 62.0 Å². The third-order valence-corrected chi connectivity index (χ3v) is 5.93. The molecule has 2 fully saturated rings. The first-order valence-electron chi connectivity index (χ1n) is 7.44. The standard InChI is InChI=1S/C15H22N2O2S.ClH/c1-2-11-4-3-5-15(8-11)20(18,19)17-14-9-12-6-7-13(10-14)16-12;/h3-5,8,12-14,16-17H,2,6-7,9-10H2,1H3;1H. The monoisotopic (exact) mass is 330 g/mol. The Labute approximate surface area is 133 Å². The second-order valence-electron chi connectivity index (χ2n) is 5.93. The summed E-state index contributed by atoms with van der Waals surface area (Å²) in [6.45, 7) is 2.03. The van der Waals surface area contributed by atoms with E-state index in [2.05, 4.69) is 10.0 Å². The van der Waals surface area contributed by atoms with Crippen LogP contribution in [0.5, 0.6) is 0 Å². The zero-order chi connectivity index (χ0) is 14.2. The average molecular weight is 331 g/mol. The molecule has 0 aromatic heterocycles. The Hall–Kier alpha value is -0.620. The Morgan fingerprint density at radius 2 is 1.90 bits per heavy atom. The number of aryl methyl sites for hydroxylation is 1. The lowest BCUT2D eigenvalue weighted by atomic mass is 10.0. The molecule has 0 saturated carbocycles. The van der Waals surface area contributed by atoms with E-state index >= 15 is 0 Å². The lowest BCUT2D eigenvalue weighted by Crippen LogP contribution is -2.47. The molecule has 2 bridgehead atoms. The summed E-state index contributed by atoms with van der Waals surface area (Å²) in [5.74, 6) is 0. The molecule has 118 valence electrons. The van der Waals surface area contributed by atoms with E-state index in [9.17, 15) is 8.42 Å². The largest absolute Gasteiger partial charge is 0.311 e. The van der Waals surface area contributed by atoms with Crippen LogP contribution in [0.3, 0.4) is 0 Å². The average Bonchev–Trinajstić information content (AvgIpc) is 2.77. The molecule has 0 radical (unpaired) electrons. The summed E-state index contributed by atoms with van der Waals surface area (Å²) >= 11 is 0. The summed E-state index contributed by atoms with van der Waals surface area (Å²) in [6, 6.07) is 8.29. The molecule has 0 spiro atoms. The number of rotatable bonds is 4. The van der Waals surface area contributed by atoms with Crippen LogP contribution in [0.2, 0.25) is 0 Å². The number of hydrogen-bond acceptors (Lipinski definition) is 3. The van der Waals surface area contributed by atoms with Gasteiger partial charge in [0.05, 0.1) is 4.90 Å². The lowest BCUT2D eigenvalue weighted by molar-refractivity contribution is 0.345. The van der Waals surface area contributed by atoms with Gasteiger partial charge in [0.25, 0.3) is 0 Å². The van der Waals surface area contributed by atoms with Crippen LogP contribution in [0.15, 0.2) is 29.2 Å². The van der Waals surface area contributed by atoms with Crippen molar-refractivity contribution in [2.24, 2.45) is 0 Å². The Morgan fingerprint density at radius 3 is 2.52 bits per heavy atom. The molecule has 2 aliphatic heterocycles. The third kappa shape index (κ3) is 3.77. The van der Waals surface area contributed by atoms with Crippen LogP contribution in [0.25, 0.3) is 0 Å². The van der Waals surface area contributed by atoms with E-state index in [1.165, 1.54) is 12.8 Å². The van der Waals surface area contributed by atoms with Crippen molar-refractivity contribution in [2.75, 3.05) is 0 Å². The highest BCUT2D eigenvalue weighted by Gasteiger charge is 2.35. The highest BCUT2D eigenvalue weighted by molar-refractivity contribution is 7.89. The van der Waals surface area contributed by atoms with Crippen molar-refractivity contribution in [3.05, 3.63) is 29.8 Å². The predicted molar refractivity (Wildman–Crippen MR) is 86.4 cm³/mol. The second-order valence-corrected chi connectivity index (χ2v) is 7.64. The fraction of sp³-hybridized carbons (Fsp3) is 0.600. The smallest absolute Gasteiger partial charge is 0.240 e. The van der Waals surface area contributed by atoms with E-state index in [1.807, 2.05) is 19.1 Å². The topological polar surface area (TPSA) is 58.2 Å². The summed E-state index contributed by atoms with van der Waals surface area (Å²) in [4.78, 5) is 0.391. The highest BCUT2D eigenvalue weighted by atomic mass is 35.5. The molecule has 2 aliphatic rings. The molecule has 21 heavy (non-hydrogen) atoms. The number of sulfonamides is 1.